The summed E-state index contributed by atoms with van der Waals surface area (Å²) in [6.07, 6.45) is -4.56. The molecule has 2 amide bonds. The van der Waals surface area contributed by atoms with E-state index in [1.807, 2.05) is 23.1 Å². The number of nitrogens with one attached hydrogen (secondary N) is 2. The van der Waals surface area contributed by atoms with E-state index in [9.17, 15) is 31.5 Å². The van der Waals surface area contributed by atoms with E-state index in [0.29, 0.717) is 43.5 Å². The Balaban J connectivity index is 1.30. The van der Waals surface area contributed by atoms with E-state index in [4.69, 9.17) is 14.5 Å². The van der Waals surface area contributed by atoms with Crippen molar-refractivity contribution in [3.8, 4) is 0 Å². The van der Waals surface area contributed by atoms with Crippen LogP contribution in [-0.2, 0) is 27.3 Å². The van der Waals surface area contributed by atoms with Crippen LogP contribution in [0.15, 0.2) is 36.5 Å². The zero-order valence-corrected chi connectivity index (χ0v) is 25.5. The number of carbonyl (C=O) groups is 2. The van der Waals surface area contributed by atoms with E-state index < -0.39 is 48.5 Å². The first-order valence-electron chi connectivity index (χ1n) is 15.7. The number of anilines is 1. The van der Waals surface area contributed by atoms with Gasteiger partial charge >= 0.3 is 12.3 Å². The van der Waals surface area contributed by atoms with Crippen molar-refractivity contribution in [1.82, 2.24) is 30.2 Å². The van der Waals surface area contributed by atoms with E-state index in [2.05, 4.69) is 20.7 Å². The van der Waals surface area contributed by atoms with Gasteiger partial charge in [-0.3, -0.25) is 4.79 Å². The molecule has 2 saturated heterocycles. The third-order valence-electron chi connectivity index (χ3n) is 9.09. The molecule has 16 heteroatoms. The highest BCUT2D eigenvalue weighted by molar-refractivity contribution is 5.80. The first kappa shape index (κ1) is 32.8. The van der Waals surface area contributed by atoms with Gasteiger partial charge in [-0.2, -0.15) is 23.3 Å². The average molecular weight is 666 g/mol. The molecule has 0 spiro atoms. The number of fused-ring (bicyclic) bond motifs is 1. The standard InChI is InChI=1S/C31H36F5N7O4/c32-30(33)8-6-20(7-9-30)25(39-29(45)47-18-19-4-2-1-3-5-19)24-17-43-28(38-24)40-26(42-10-12-46-13-11-42)23(41-43)15-21-14-22(31(34,35)36)16-37-27(21)44/h1-5,17,20-22,25H,6-16,18H2,(H,37,44)(H,39,45)/t21?,22-,25+/m1/s1. The van der Waals surface area contributed by atoms with Crippen LogP contribution in [0.1, 0.15) is 55.1 Å². The van der Waals surface area contributed by atoms with Gasteiger partial charge in [0.15, 0.2) is 5.82 Å². The molecule has 1 aromatic carbocycles. The van der Waals surface area contributed by atoms with Crippen LogP contribution >= 0.6 is 0 Å². The molecule has 0 bridgehead atoms. The zero-order chi connectivity index (χ0) is 33.2. The Hall–Kier alpha value is -4.08. The summed E-state index contributed by atoms with van der Waals surface area (Å²) in [5, 5.41) is 9.88. The summed E-state index contributed by atoms with van der Waals surface area (Å²) in [4.78, 5) is 36.9. The lowest BCUT2D eigenvalue weighted by atomic mass is 9.81. The highest BCUT2D eigenvalue weighted by Gasteiger charge is 2.45. The molecule has 3 fully saturated rings. The Bertz CT molecular complexity index is 1550. The molecule has 6 rings (SSSR count). The SMILES string of the molecule is O=C(N[C@H](c1cn2nc(CC3C[C@@H](C(F)(F)F)CNC3=O)c(N3CCOCC3)nc2n1)C1CCC(F)(F)CC1)OCc1ccccc1. The van der Waals surface area contributed by atoms with Gasteiger partial charge in [0.05, 0.1) is 37.1 Å². The van der Waals surface area contributed by atoms with E-state index in [1.165, 1.54) is 10.7 Å². The van der Waals surface area contributed by atoms with Crippen molar-refractivity contribution in [2.45, 2.75) is 63.3 Å². The smallest absolute Gasteiger partial charge is 0.408 e. The summed E-state index contributed by atoms with van der Waals surface area (Å²) in [5.41, 5.74) is 1.42. The third-order valence-corrected chi connectivity index (χ3v) is 9.09. The summed E-state index contributed by atoms with van der Waals surface area (Å²) in [5.74, 6) is -5.80. The molecule has 3 aliphatic rings. The minimum atomic E-state index is -4.46. The number of rotatable bonds is 8. The molecule has 2 aliphatic heterocycles. The first-order chi connectivity index (χ1) is 22.4. The first-order valence-corrected chi connectivity index (χ1v) is 15.7. The van der Waals surface area contributed by atoms with Gasteiger partial charge in [0.25, 0.3) is 5.78 Å². The molecule has 3 atom stereocenters. The largest absolute Gasteiger partial charge is 0.445 e. The number of alkyl carbamates (subject to hydrolysis) is 1. The predicted octanol–water partition coefficient (Wildman–Crippen LogP) is 4.61. The molecule has 1 aliphatic carbocycles. The van der Waals surface area contributed by atoms with Gasteiger partial charge in [-0.15, -0.1) is 0 Å². The number of aromatic nitrogens is 4. The van der Waals surface area contributed by atoms with Gasteiger partial charge in [0.2, 0.25) is 11.8 Å². The Labute approximate surface area is 267 Å². The Morgan fingerprint density at radius 2 is 1.85 bits per heavy atom. The second-order valence-electron chi connectivity index (χ2n) is 12.4. The number of hydrogen-bond donors (Lipinski definition) is 2. The fourth-order valence-electron chi connectivity index (χ4n) is 6.45. The van der Waals surface area contributed by atoms with Crippen molar-refractivity contribution in [2.75, 3.05) is 37.7 Å². The fraction of sp³-hybridized carbons (Fsp3) is 0.581. The molecular weight excluding hydrogens is 629 g/mol. The molecule has 1 unspecified atom stereocenters. The van der Waals surface area contributed by atoms with Crippen LogP contribution in [0.4, 0.5) is 32.6 Å². The number of ether oxygens (including phenoxy) is 2. The second-order valence-corrected chi connectivity index (χ2v) is 12.4. The molecular formula is C31H36F5N7O4. The number of morpholine rings is 1. The fourth-order valence-corrected chi connectivity index (χ4v) is 6.45. The Morgan fingerprint density at radius 3 is 2.55 bits per heavy atom. The maximum absolute atomic E-state index is 14.1. The number of amides is 2. The summed E-state index contributed by atoms with van der Waals surface area (Å²) in [6, 6.07) is 8.27. The molecule has 4 heterocycles. The highest BCUT2D eigenvalue weighted by atomic mass is 19.4. The number of carbonyl (C=O) groups excluding carboxylic acids is 2. The Kier molecular flexibility index (Phi) is 9.48. The number of nitrogens with zero attached hydrogens (tertiary/aromatic N) is 5. The molecule has 1 saturated carbocycles. The summed E-state index contributed by atoms with van der Waals surface area (Å²) < 4.78 is 81.1. The van der Waals surface area contributed by atoms with E-state index in [1.54, 1.807) is 12.1 Å². The van der Waals surface area contributed by atoms with Gasteiger partial charge in [-0.1, -0.05) is 30.3 Å². The van der Waals surface area contributed by atoms with E-state index in [0.717, 1.165) is 5.56 Å². The Morgan fingerprint density at radius 1 is 1.13 bits per heavy atom. The van der Waals surface area contributed by atoms with Crippen molar-refractivity contribution >= 4 is 23.6 Å². The minimum absolute atomic E-state index is 0.00656. The van der Waals surface area contributed by atoms with Crippen LogP contribution in [0, 0.1) is 17.8 Å². The van der Waals surface area contributed by atoms with Gasteiger partial charge in [0.1, 0.15) is 12.3 Å². The molecule has 2 N–H and O–H groups in total. The van der Waals surface area contributed by atoms with Crippen molar-refractivity contribution in [3.05, 3.63) is 53.5 Å². The van der Waals surface area contributed by atoms with Crippen LogP contribution < -0.4 is 15.5 Å². The molecule has 11 nitrogen and oxygen atoms in total. The maximum Gasteiger partial charge on any atom is 0.408 e. The van der Waals surface area contributed by atoms with Gasteiger partial charge < -0.3 is 25.0 Å². The molecule has 47 heavy (non-hydrogen) atoms. The number of halogens is 5. The van der Waals surface area contributed by atoms with Gasteiger partial charge in [-0.25, -0.2) is 23.1 Å². The zero-order valence-electron chi connectivity index (χ0n) is 25.5. The van der Waals surface area contributed by atoms with Crippen molar-refractivity contribution in [2.24, 2.45) is 17.8 Å². The van der Waals surface area contributed by atoms with Crippen molar-refractivity contribution < 1.29 is 41.0 Å². The normalized spacial score (nSPS) is 22.9. The van der Waals surface area contributed by atoms with Gasteiger partial charge in [0, 0.05) is 44.8 Å². The van der Waals surface area contributed by atoms with E-state index >= 15 is 0 Å². The quantitative estimate of drug-likeness (QED) is 0.335. The third kappa shape index (κ3) is 7.91. The molecule has 254 valence electrons. The minimum Gasteiger partial charge on any atom is -0.445 e. The second kappa shape index (κ2) is 13.6. The molecule has 3 aromatic rings. The van der Waals surface area contributed by atoms with Crippen molar-refractivity contribution in [3.63, 3.8) is 0 Å². The summed E-state index contributed by atoms with van der Waals surface area (Å²) in [6.45, 7) is 1.22. The molecule has 0 radical (unpaired) electrons. The summed E-state index contributed by atoms with van der Waals surface area (Å²) >= 11 is 0. The highest BCUT2D eigenvalue weighted by Crippen LogP contribution is 2.41. The van der Waals surface area contributed by atoms with Crippen LogP contribution in [-0.4, -0.2) is 76.5 Å². The topological polar surface area (TPSA) is 123 Å². The van der Waals surface area contributed by atoms with Crippen molar-refractivity contribution in [1.29, 1.82) is 0 Å². The lowest BCUT2D eigenvalue weighted by Gasteiger charge is -2.33. The number of benzene rings is 1. The lowest BCUT2D eigenvalue weighted by Crippen LogP contribution is -2.47. The number of hydrogen-bond acceptors (Lipinski definition) is 8. The number of imidazole rings is 1. The van der Waals surface area contributed by atoms with Crippen LogP contribution in [0.25, 0.3) is 5.78 Å². The average Bonchev–Trinajstić information content (AvgIpc) is 3.46. The van der Waals surface area contributed by atoms with Gasteiger partial charge in [-0.05, 0) is 30.7 Å². The maximum atomic E-state index is 14.1. The summed E-state index contributed by atoms with van der Waals surface area (Å²) in [7, 11) is 0. The van der Waals surface area contributed by atoms with Crippen LogP contribution in [0.2, 0.25) is 0 Å². The predicted molar refractivity (Wildman–Crippen MR) is 158 cm³/mol. The molecule has 2 aromatic heterocycles. The van der Waals surface area contributed by atoms with E-state index in [-0.39, 0.29) is 56.8 Å². The monoisotopic (exact) mass is 665 g/mol. The van der Waals surface area contributed by atoms with Crippen LogP contribution in [0.3, 0.4) is 0 Å². The number of piperidine rings is 1. The van der Waals surface area contributed by atoms with Crippen LogP contribution in [0.5, 0.6) is 0 Å². The number of alkyl halides is 5. The lowest BCUT2D eigenvalue weighted by molar-refractivity contribution is -0.183.